The lowest BCUT2D eigenvalue weighted by Gasteiger charge is -2.20. The van der Waals surface area contributed by atoms with E-state index in [2.05, 4.69) is 42.5 Å². The van der Waals surface area contributed by atoms with Gasteiger partial charge in [0.05, 0.1) is 24.0 Å². The molecule has 4 heteroatoms. The quantitative estimate of drug-likeness (QED) is 0.719. The maximum absolute atomic E-state index is 5.75. The van der Waals surface area contributed by atoms with E-state index in [1.54, 1.807) is 0 Å². The fraction of sp³-hybridized carbons (Fsp3) is 0.471. The van der Waals surface area contributed by atoms with E-state index < -0.39 is 0 Å². The average molecular weight is 287 g/mol. The minimum atomic E-state index is 0.166. The van der Waals surface area contributed by atoms with Crippen LogP contribution in [0.1, 0.15) is 38.4 Å². The third kappa shape index (κ3) is 4.41. The van der Waals surface area contributed by atoms with Gasteiger partial charge in [-0.3, -0.25) is 0 Å². The summed E-state index contributed by atoms with van der Waals surface area (Å²) in [5.41, 5.74) is 2.22. The first-order valence-electron chi connectivity index (χ1n) is 7.77. The summed E-state index contributed by atoms with van der Waals surface area (Å²) in [5, 5.41) is 8.02. The Morgan fingerprint density at radius 1 is 1.14 bits per heavy atom. The second-order valence-electron chi connectivity index (χ2n) is 5.09. The van der Waals surface area contributed by atoms with Gasteiger partial charge in [-0.05, 0) is 37.6 Å². The van der Waals surface area contributed by atoms with E-state index in [0.29, 0.717) is 6.61 Å². The molecule has 4 nitrogen and oxygen atoms in total. The van der Waals surface area contributed by atoms with Crippen molar-refractivity contribution in [2.24, 2.45) is 0 Å². The van der Waals surface area contributed by atoms with Crippen molar-refractivity contribution in [3.8, 4) is 5.69 Å². The highest BCUT2D eigenvalue weighted by molar-refractivity contribution is 5.33. The van der Waals surface area contributed by atoms with Crippen molar-refractivity contribution in [1.82, 2.24) is 15.1 Å². The summed E-state index contributed by atoms with van der Waals surface area (Å²) in [5.74, 6) is 0. The van der Waals surface area contributed by atoms with Crippen LogP contribution in [-0.4, -0.2) is 29.5 Å². The van der Waals surface area contributed by atoms with Gasteiger partial charge in [0, 0.05) is 12.8 Å². The molecular weight excluding hydrogens is 262 g/mol. The number of hydrogen-bond acceptors (Lipinski definition) is 3. The molecule has 0 radical (unpaired) electrons. The highest BCUT2D eigenvalue weighted by Gasteiger charge is 2.16. The maximum atomic E-state index is 5.75. The zero-order valence-electron chi connectivity index (χ0n) is 13.0. The molecule has 1 aromatic carbocycles. The molecule has 0 aliphatic carbocycles. The number of rotatable bonds is 9. The van der Waals surface area contributed by atoms with Gasteiger partial charge in [-0.1, -0.05) is 32.0 Å². The van der Waals surface area contributed by atoms with E-state index in [1.807, 2.05) is 29.1 Å². The summed E-state index contributed by atoms with van der Waals surface area (Å²) < 4.78 is 7.74. The Bertz CT molecular complexity index is 510. The van der Waals surface area contributed by atoms with Gasteiger partial charge in [0.1, 0.15) is 0 Å². The molecule has 1 aromatic heterocycles. The summed E-state index contributed by atoms with van der Waals surface area (Å²) in [6, 6.07) is 12.4. The van der Waals surface area contributed by atoms with Gasteiger partial charge in [-0.25, -0.2) is 4.68 Å². The van der Waals surface area contributed by atoms with E-state index in [-0.39, 0.29) is 6.04 Å². The first-order chi connectivity index (χ1) is 10.4. The lowest BCUT2D eigenvalue weighted by Crippen LogP contribution is -2.28. The molecule has 0 aliphatic rings. The average Bonchev–Trinajstić information content (AvgIpc) is 3.01. The molecule has 2 rings (SSSR count). The van der Waals surface area contributed by atoms with Crippen molar-refractivity contribution < 1.29 is 4.74 Å². The first-order valence-corrected chi connectivity index (χ1v) is 7.77. The number of nitrogens with one attached hydrogen (secondary N) is 1. The molecule has 1 unspecified atom stereocenters. The fourth-order valence-electron chi connectivity index (χ4n) is 2.28. The Morgan fingerprint density at radius 2 is 1.95 bits per heavy atom. The monoisotopic (exact) mass is 287 g/mol. The van der Waals surface area contributed by atoms with Crippen LogP contribution in [0.2, 0.25) is 0 Å². The second kappa shape index (κ2) is 8.60. The Morgan fingerprint density at radius 3 is 2.67 bits per heavy atom. The van der Waals surface area contributed by atoms with Crippen LogP contribution in [0.25, 0.3) is 5.69 Å². The van der Waals surface area contributed by atoms with Crippen LogP contribution in [0.4, 0.5) is 0 Å². The predicted molar refractivity (Wildman–Crippen MR) is 85.7 cm³/mol. The zero-order valence-corrected chi connectivity index (χ0v) is 13.0. The number of hydrogen-bond donors (Lipinski definition) is 1. The molecule has 1 atom stereocenters. The molecule has 21 heavy (non-hydrogen) atoms. The molecule has 0 saturated carbocycles. The molecule has 0 spiro atoms. The van der Waals surface area contributed by atoms with Crippen molar-refractivity contribution in [1.29, 1.82) is 0 Å². The van der Waals surface area contributed by atoms with E-state index in [4.69, 9.17) is 4.74 Å². The predicted octanol–water partition coefficient (Wildman–Crippen LogP) is 3.34. The Kier molecular flexibility index (Phi) is 6.44. The van der Waals surface area contributed by atoms with Gasteiger partial charge in [0.2, 0.25) is 0 Å². The van der Waals surface area contributed by atoms with Crippen molar-refractivity contribution >= 4 is 0 Å². The van der Waals surface area contributed by atoms with E-state index in [1.165, 1.54) is 0 Å². The van der Waals surface area contributed by atoms with Gasteiger partial charge in [0.25, 0.3) is 0 Å². The van der Waals surface area contributed by atoms with Gasteiger partial charge < -0.3 is 10.1 Å². The van der Waals surface area contributed by atoms with Gasteiger partial charge in [0.15, 0.2) is 0 Å². The zero-order chi connectivity index (χ0) is 14.9. The van der Waals surface area contributed by atoms with Crippen LogP contribution in [0.3, 0.4) is 0 Å². The van der Waals surface area contributed by atoms with Gasteiger partial charge >= 0.3 is 0 Å². The topological polar surface area (TPSA) is 39.1 Å². The Labute approximate surface area is 127 Å². The molecule has 0 aliphatic heterocycles. The first kappa shape index (κ1) is 15.7. The van der Waals surface area contributed by atoms with E-state index in [9.17, 15) is 0 Å². The second-order valence-corrected chi connectivity index (χ2v) is 5.09. The summed E-state index contributed by atoms with van der Waals surface area (Å²) in [4.78, 5) is 0. The minimum absolute atomic E-state index is 0.166. The van der Waals surface area contributed by atoms with E-state index in [0.717, 1.165) is 37.4 Å². The van der Waals surface area contributed by atoms with Crippen molar-refractivity contribution in [3.63, 3.8) is 0 Å². The number of aromatic nitrogens is 2. The number of benzene rings is 1. The minimum Gasteiger partial charge on any atom is -0.379 e. The lowest BCUT2D eigenvalue weighted by atomic mass is 10.2. The lowest BCUT2D eigenvalue weighted by molar-refractivity contribution is 0.110. The molecule has 0 fully saturated rings. The molecule has 2 aromatic rings. The van der Waals surface area contributed by atoms with Crippen LogP contribution >= 0.6 is 0 Å². The number of ether oxygens (including phenoxy) is 1. The van der Waals surface area contributed by atoms with Crippen molar-refractivity contribution in [2.45, 2.75) is 32.7 Å². The SMILES string of the molecule is CCCNC(COCCC)c1ccnn1-c1ccccc1. The van der Waals surface area contributed by atoms with Crippen LogP contribution in [0.15, 0.2) is 42.6 Å². The fourth-order valence-corrected chi connectivity index (χ4v) is 2.28. The Balaban J connectivity index is 2.17. The van der Waals surface area contributed by atoms with Gasteiger partial charge in [-0.15, -0.1) is 0 Å². The molecule has 0 amide bonds. The molecule has 1 N–H and O–H groups in total. The molecule has 114 valence electrons. The van der Waals surface area contributed by atoms with Crippen LogP contribution in [-0.2, 0) is 4.74 Å². The highest BCUT2D eigenvalue weighted by Crippen LogP contribution is 2.18. The molecule has 0 bridgehead atoms. The number of para-hydroxylation sites is 1. The summed E-state index contributed by atoms with van der Waals surface area (Å²) >= 11 is 0. The number of nitrogens with zero attached hydrogens (tertiary/aromatic N) is 2. The Hall–Kier alpha value is -1.65. The van der Waals surface area contributed by atoms with Crippen LogP contribution < -0.4 is 5.32 Å². The molecule has 1 heterocycles. The smallest absolute Gasteiger partial charge is 0.0734 e. The van der Waals surface area contributed by atoms with Crippen LogP contribution in [0, 0.1) is 0 Å². The normalized spacial score (nSPS) is 12.5. The highest BCUT2D eigenvalue weighted by atomic mass is 16.5. The largest absolute Gasteiger partial charge is 0.379 e. The van der Waals surface area contributed by atoms with E-state index >= 15 is 0 Å². The molecule has 0 saturated heterocycles. The van der Waals surface area contributed by atoms with Crippen molar-refractivity contribution in [3.05, 3.63) is 48.3 Å². The third-order valence-electron chi connectivity index (χ3n) is 3.30. The molecular formula is C17H25N3O. The maximum Gasteiger partial charge on any atom is 0.0734 e. The van der Waals surface area contributed by atoms with Crippen molar-refractivity contribution in [2.75, 3.05) is 19.8 Å². The van der Waals surface area contributed by atoms with Crippen LogP contribution in [0.5, 0.6) is 0 Å². The summed E-state index contributed by atoms with van der Waals surface area (Å²) in [7, 11) is 0. The van der Waals surface area contributed by atoms with Gasteiger partial charge in [-0.2, -0.15) is 5.10 Å². The third-order valence-corrected chi connectivity index (χ3v) is 3.30. The summed E-state index contributed by atoms with van der Waals surface area (Å²) in [6.45, 7) is 6.74. The summed E-state index contributed by atoms with van der Waals surface area (Å²) in [6.07, 6.45) is 3.99. The standard InChI is InChI=1S/C17H25N3O/c1-3-11-18-16(14-21-13-4-2)17-10-12-19-20(17)15-8-6-5-7-9-15/h5-10,12,16,18H,3-4,11,13-14H2,1-2H3.